The summed E-state index contributed by atoms with van der Waals surface area (Å²) in [6, 6.07) is 10.2. The third-order valence-electron chi connectivity index (χ3n) is 7.34. The highest BCUT2D eigenvalue weighted by Crippen LogP contribution is 2.36. The number of amides is 2. The first-order valence-corrected chi connectivity index (χ1v) is 13.3. The Balaban J connectivity index is 1.30. The van der Waals surface area contributed by atoms with Crippen LogP contribution in [0.1, 0.15) is 31.7 Å². The number of anilines is 1. The molecular formula is C29H27F2N7O3. The first-order valence-electron chi connectivity index (χ1n) is 13.3. The zero-order valence-electron chi connectivity index (χ0n) is 22.0. The molecule has 2 amide bonds. The smallest absolute Gasteiger partial charge is 0.259 e. The van der Waals surface area contributed by atoms with Gasteiger partial charge in [0.25, 0.3) is 11.8 Å². The lowest BCUT2D eigenvalue weighted by Gasteiger charge is -2.33. The predicted octanol–water partition coefficient (Wildman–Crippen LogP) is 4.13. The van der Waals surface area contributed by atoms with Crippen LogP contribution in [0, 0.1) is 17.6 Å². The SMILES string of the molecule is NC(=O)C(=CC1CC1)C(=O)N1CCCC(n2nc(-c3ccc(Oc4cccc(F)c4F)cc3)c3c(N)ncnc32)C1. The molecule has 0 bridgehead atoms. The Bertz CT molecular complexity index is 1680. The fourth-order valence-corrected chi connectivity index (χ4v) is 5.09. The molecule has 2 aliphatic rings. The highest BCUT2D eigenvalue weighted by atomic mass is 19.2. The second kappa shape index (κ2) is 10.6. The number of rotatable bonds is 7. The lowest BCUT2D eigenvalue weighted by molar-refractivity contribution is -0.131. The molecule has 1 saturated heterocycles. The molecule has 0 spiro atoms. The number of fused-ring (bicyclic) bond motifs is 1. The first kappa shape index (κ1) is 26.4. The third-order valence-corrected chi connectivity index (χ3v) is 7.34. The van der Waals surface area contributed by atoms with Gasteiger partial charge >= 0.3 is 0 Å². The number of nitrogens with two attached hydrogens (primary N) is 2. The number of hydrogen-bond acceptors (Lipinski definition) is 7. The molecule has 6 rings (SSSR count). The van der Waals surface area contributed by atoms with Gasteiger partial charge in [0.15, 0.2) is 17.2 Å². The summed E-state index contributed by atoms with van der Waals surface area (Å²) >= 11 is 0. The van der Waals surface area contributed by atoms with E-state index in [1.54, 1.807) is 39.9 Å². The van der Waals surface area contributed by atoms with Gasteiger partial charge < -0.3 is 21.1 Å². The van der Waals surface area contributed by atoms with E-state index in [1.807, 2.05) is 0 Å². The van der Waals surface area contributed by atoms with Crippen molar-refractivity contribution < 1.29 is 23.1 Å². The number of carbonyl (C=O) groups is 2. The predicted molar refractivity (Wildman–Crippen MR) is 146 cm³/mol. The van der Waals surface area contributed by atoms with Gasteiger partial charge in [-0.25, -0.2) is 19.0 Å². The van der Waals surface area contributed by atoms with Crippen molar-refractivity contribution in [1.29, 1.82) is 0 Å². The lowest BCUT2D eigenvalue weighted by atomic mass is 10.0. The van der Waals surface area contributed by atoms with Crippen molar-refractivity contribution in [2.45, 2.75) is 31.7 Å². The Hall–Kier alpha value is -4.87. The lowest BCUT2D eigenvalue weighted by Crippen LogP contribution is -2.43. The van der Waals surface area contributed by atoms with Crippen molar-refractivity contribution in [2.75, 3.05) is 18.8 Å². The van der Waals surface area contributed by atoms with Crippen LogP contribution in [0.15, 0.2) is 60.4 Å². The molecule has 1 saturated carbocycles. The van der Waals surface area contributed by atoms with E-state index >= 15 is 0 Å². The summed E-state index contributed by atoms with van der Waals surface area (Å²) in [4.78, 5) is 35.5. The summed E-state index contributed by atoms with van der Waals surface area (Å²) in [7, 11) is 0. The minimum Gasteiger partial charge on any atom is -0.454 e. The number of piperidine rings is 1. The van der Waals surface area contributed by atoms with Gasteiger partial charge in [0.2, 0.25) is 5.82 Å². The van der Waals surface area contributed by atoms with Crippen LogP contribution >= 0.6 is 0 Å². The van der Waals surface area contributed by atoms with Gasteiger partial charge in [-0.05, 0) is 68.0 Å². The molecule has 1 unspecified atom stereocenters. The monoisotopic (exact) mass is 559 g/mol. The maximum atomic E-state index is 14.1. The summed E-state index contributed by atoms with van der Waals surface area (Å²) in [6.07, 6.45) is 6.38. The van der Waals surface area contributed by atoms with Crippen LogP contribution in [-0.2, 0) is 9.59 Å². The average molecular weight is 560 g/mol. The number of primary amides is 1. The van der Waals surface area contributed by atoms with Crippen molar-refractivity contribution in [3.8, 4) is 22.8 Å². The van der Waals surface area contributed by atoms with Gasteiger partial charge in [0, 0.05) is 18.7 Å². The number of halogens is 2. The Kier molecular flexibility index (Phi) is 6.82. The van der Waals surface area contributed by atoms with Crippen molar-refractivity contribution >= 4 is 28.7 Å². The summed E-state index contributed by atoms with van der Waals surface area (Å²) in [5, 5.41) is 5.40. The summed E-state index contributed by atoms with van der Waals surface area (Å²) in [6.45, 7) is 0.821. The van der Waals surface area contributed by atoms with Gasteiger partial charge in [0.05, 0.1) is 11.4 Å². The summed E-state index contributed by atoms with van der Waals surface area (Å²) < 4.78 is 34.9. The zero-order chi connectivity index (χ0) is 28.7. The number of likely N-dealkylation sites (tertiary alicyclic amines) is 1. The van der Waals surface area contributed by atoms with E-state index in [4.69, 9.17) is 21.3 Å². The molecule has 0 radical (unpaired) electrons. The third kappa shape index (κ3) is 5.20. The number of hydrogen-bond donors (Lipinski definition) is 2. The average Bonchev–Trinajstić information content (AvgIpc) is 3.71. The van der Waals surface area contributed by atoms with E-state index in [0.29, 0.717) is 47.6 Å². The van der Waals surface area contributed by atoms with E-state index in [-0.39, 0.29) is 35.0 Å². The minimum atomic E-state index is -1.07. The number of aromatic nitrogens is 4. The minimum absolute atomic E-state index is 0.0335. The Labute approximate surface area is 233 Å². The van der Waals surface area contributed by atoms with Crippen LogP contribution in [0.5, 0.6) is 11.5 Å². The van der Waals surface area contributed by atoms with Crippen LogP contribution in [0.2, 0.25) is 0 Å². The first-order chi connectivity index (χ1) is 19.8. The maximum absolute atomic E-state index is 14.1. The fourth-order valence-electron chi connectivity index (χ4n) is 5.09. The zero-order valence-corrected chi connectivity index (χ0v) is 22.0. The van der Waals surface area contributed by atoms with E-state index in [1.165, 1.54) is 18.5 Å². The molecule has 1 atom stereocenters. The van der Waals surface area contributed by atoms with E-state index in [9.17, 15) is 18.4 Å². The van der Waals surface area contributed by atoms with Crippen LogP contribution < -0.4 is 16.2 Å². The highest BCUT2D eigenvalue weighted by Gasteiger charge is 2.32. The molecule has 10 nitrogen and oxygen atoms in total. The fraction of sp³-hybridized carbons (Fsp3) is 0.276. The molecule has 3 heterocycles. The number of benzene rings is 2. The normalized spacial score (nSPS) is 17.6. The Morgan fingerprint density at radius 2 is 1.83 bits per heavy atom. The van der Waals surface area contributed by atoms with Gasteiger partial charge in [0.1, 0.15) is 29.2 Å². The second-order valence-corrected chi connectivity index (χ2v) is 10.3. The largest absolute Gasteiger partial charge is 0.454 e. The standard InChI is InChI=1S/C29H27F2N7O3/c30-21-4-1-5-22(24(21)31)41-19-10-8-17(9-11-19)25-23-26(32)34-15-35-28(23)38(36-25)18-3-2-12-37(14-18)29(40)20(27(33)39)13-16-6-7-16/h1,4-5,8-11,13,15-16,18H,2-3,6-7,12,14H2,(H2,33,39)(H2,32,34,35). The Morgan fingerprint density at radius 1 is 1.05 bits per heavy atom. The molecule has 210 valence electrons. The van der Waals surface area contributed by atoms with Gasteiger partial charge in [-0.15, -0.1) is 0 Å². The molecule has 41 heavy (non-hydrogen) atoms. The maximum Gasteiger partial charge on any atom is 0.259 e. The molecule has 2 fully saturated rings. The number of nitrogens with zero attached hydrogens (tertiary/aromatic N) is 5. The van der Waals surface area contributed by atoms with Crippen LogP contribution in [0.25, 0.3) is 22.3 Å². The molecular weight excluding hydrogens is 532 g/mol. The molecule has 2 aromatic carbocycles. The summed E-state index contributed by atoms with van der Waals surface area (Å²) in [5.74, 6) is -2.62. The molecule has 2 aromatic heterocycles. The number of carbonyl (C=O) groups excluding carboxylic acids is 2. The van der Waals surface area contributed by atoms with Crippen molar-refractivity contribution in [1.82, 2.24) is 24.6 Å². The quantitative estimate of drug-likeness (QED) is 0.197. The Morgan fingerprint density at radius 3 is 2.56 bits per heavy atom. The van der Waals surface area contributed by atoms with Crippen molar-refractivity contribution in [3.05, 3.63) is 72.1 Å². The molecule has 1 aliphatic carbocycles. The second-order valence-electron chi connectivity index (χ2n) is 10.3. The topological polar surface area (TPSA) is 142 Å². The number of ether oxygens (including phenoxy) is 1. The van der Waals surface area contributed by atoms with Crippen molar-refractivity contribution in [2.24, 2.45) is 11.7 Å². The van der Waals surface area contributed by atoms with Crippen molar-refractivity contribution in [3.63, 3.8) is 0 Å². The van der Waals surface area contributed by atoms with E-state index < -0.39 is 17.5 Å². The molecule has 12 heteroatoms. The molecule has 1 aliphatic heterocycles. The van der Waals surface area contributed by atoms with Gasteiger partial charge in [-0.1, -0.05) is 12.1 Å². The molecule has 4 aromatic rings. The van der Waals surface area contributed by atoms with Crippen LogP contribution in [0.3, 0.4) is 0 Å². The van der Waals surface area contributed by atoms with Gasteiger partial charge in [-0.2, -0.15) is 9.49 Å². The number of nitrogen functional groups attached to an aromatic ring is 1. The van der Waals surface area contributed by atoms with E-state index in [2.05, 4.69) is 9.97 Å². The van der Waals surface area contributed by atoms with Crippen LogP contribution in [0.4, 0.5) is 14.6 Å². The number of allylic oxidation sites excluding steroid dienone is 1. The van der Waals surface area contributed by atoms with Crippen LogP contribution in [-0.4, -0.2) is 49.6 Å². The summed E-state index contributed by atoms with van der Waals surface area (Å²) in [5.41, 5.74) is 13.6. The van der Waals surface area contributed by atoms with E-state index in [0.717, 1.165) is 25.3 Å². The van der Waals surface area contributed by atoms with Gasteiger partial charge in [-0.3, -0.25) is 9.59 Å². The molecule has 4 N–H and O–H groups in total. The highest BCUT2D eigenvalue weighted by molar-refractivity contribution is 6.17.